The second kappa shape index (κ2) is 10.5. The monoisotopic (exact) mass is 617 g/mol. The Morgan fingerprint density at radius 1 is 1.04 bits per heavy atom. The van der Waals surface area contributed by atoms with Crippen molar-refractivity contribution in [3.63, 3.8) is 0 Å². The first-order chi connectivity index (χ1) is 22.1. The highest BCUT2D eigenvalue weighted by molar-refractivity contribution is 6.31. The van der Waals surface area contributed by atoms with Crippen molar-refractivity contribution in [2.75, 3.05) is 11.1 Å². The zero-order chi connectivity index (χ0) is 32.4. The Bertz CT molecular complexity index is 2010. The summed E-state index contributed by atoms with van der Waals surface area (Å²) in [7, 11) is 0. The first kappa shape index (κ1) is 29.1. The van der Waals surface area contributed by atoms with Crippen LogP contribution in [0.25, 0.3) is 0 Å². The number of allylic oxidation sites excluding steroid dienone is 2. The van der Waals surface area contributed by atoms with Gasteiger partial charge in [0, 0.05) is 28.9 Å². The number of hydrogen-bond acceptors (Lipinski definition) is 10. The first-order valence-electron chi connectivity index (χ1n) is 14.5. The van der Waals surface area contributed by atoms with Crippen LogP contribution in [0.4, 0.5) is 16.2 Å². The molecule has 1 amide bonds. The molecule has 0 radical (unpaired) electrons. The fourth-order valence-electron chi connectivity index (χ4n) is 6.58. The van der Waals surface area contributed by atoms with Crippen LogP contribution in [0.5, 0.6) is 5.75 Å². The Morgan fingerprint density at radius 2 is 1.74 bits per heavy atom. The maximum atomic E-state index is 14.1. The molecule has 1 saturated heterocycles. The van der Waals surface area contributed by atoms with Crippen LogP contribution in [-0.4, -0.2) is 56.8 Å². The van der Waals surface area contributed by atoms with E-state index in [9.17, 15) is 29.7 Å². The van der Waals surface area contributed by atoms with E-state index in [-0.39, 0.29) is 46.7 Å². The highest BCUT2D eigenvalue weighted by atomic mass is 16.7. The Hall–Kier alpha value is -5.59. The zero-order valence-electron chi connectivity index (χ0n) is 24.4. The summed E-state index contributed by atoms with van der Waals surface area (Å²) >= 11 is 0. The number of carbonyl (C=O) groups excluding carboxylic acids is 3. The number of anilines is 2. The lowest BCUT2D eigenvalue weighted by Gasteiger charge is -2.37. The number of epoxide rings is 1. The average Bonchev–Trinajstić information content (AvgIpc) is 3.77. The van der Waals surface area contributed by atoms with E-state index >= 15 is 0 Å². The molecule has 7 N–H and O–H groups in total. The number of amides is 1. The summed E-state index contributed by atoms with van der Waals surface area (Å²) in [5, 5.41) is 39.2. The van der Waals surface area contributed by atoms with Gasteiger partial charge < -0.3 is 41.2 Å². The zero-order valence-corrected chi connectivity index (χ0v) is 24.4. The molecule has 0 saturated carbocycles. The number of alkyl carbamates (subject to hydrolysis) is 1. The Morgan fingerprint density at radius 3 is 2.48 bits per heavy atom. The van der Waals surface area contributed by atoms with Gasteiger partial charge in [-0.05, 0) is 60.5 Å². The van der Waals surface area contributed by atoms with E-state index in [2.05, 4.69) is 34.3 Å². The Kier molecular flexibility index (Phi) is 6.65. The van der Waals surface area contributed by atoms with E-state index in [4.69, 9.17) is 15.2 Å². The van der Waals surface area contributed by atoms with E-state index in [0.29, 0.717) is 11.3 Å². The smallest absolute Gasteiger partial charge is 0.407 e. The fourth-order valence-corrected chi connectivity index (χ4v) is 6.58. The molecule has 2 aliphatic heterocycles. The molecule has 230 valence electrons. The number of benzene rings is 3. The molecular weight excluding hydrogens is 590 g/mol. The van der Waals surface area contributed by atoms with Gasteiger partial charge in [-0.1, -0.05) is 41.9 Å². The third-order valence-electron chi connectivity index (χ3n) is 8.81. The predicted octanol–water partition coefficient (Wildman–Crippen LogP) is 2.25. The van der Waals surface area contributed by atoms with Crippen LogP contribution in [-0.2, 0) is 28.2 Å². The minimum atomic E-state index is -1.65. The second-order valence-electron chi connectivity index (χ2n) is 11.5. The fraction of sp³-hybridized carbons (Fsp3) is 0.229. The van der Waals surface area contributed by atoms with E-state index < -0.39 is 52.9 Å². The third kappa shape index (κ3) is 4.18. The molecule has 3 aromatic carbocycles. The molecule has 5 unspecified atom stereocenters. The highest BCUT2D eigenvalue weighted by Crippen LogP contribution is 2.67. The summed E-state index contributed by atoms with van der Waals surface area (Å²) in [6.07, 6.45) is -0.334. The summed E-state index contributed by atoms with van der Waals surface area (Å²) in [5.74, 6) is 9.58. The molecule has 11 nitrogen and oxygen atoms in total. The molecular formula is C35H27N3O8. The lowest BCUT2D eigenvalue weighted by atomic mass is 9.69. The second-order valence-corrected chi connectivity index (χ2v) is 11.5. The molecule has 4 aliphatic rings. The van der Waals surface area contributed by atoms with E-state index in [1.165, 1.54) is 37.3 Å². The van der Waals surface area contributed by atoms with Crippen LogP contribution in [0.2, 0.25) is 0 Å². The van der Waals surface area contributed by atoms with Crippen LogP contribution in [0.1, 0.15) is 55.5 Å². The van der Waals surface area contributed by atoms with Gasteiger partial charge >= 0.3 is 6.09 Å². The van der Waals surface area contributed by atoms with Crippen molar-refractivity contribution in [3.05, 3.63) is 99.6 Å². The molecule has 46 heavy (non-hydrogen) atoms. The lowest BCUT2D eigenvalue weighted by molar-refractivity contribution is 0.0867. The summed E-state index contributed by atoms with van der Waals surface area (Å²) in [6.45, 7) is 1.55. The third-order valence-corrected chi connectivity index (χ3v) is 8.81. The van der Waals surface area contributed by atoms with Gasteiger partial charge in [-0.3, -0.25) is 9.59 Å². The van der Waals surface area contributed by atoms with E-state index in [0.717, 1.165) is 5.56 Å². The molecule has 11 heteroatoms. The molecule has 7 rings (SSSR count). The first-order valence-corrected chi connectivity index (χ1v) is 14.5. The number of phenolic OH excluding ortho intramolecular Hbond substituents is 1. The molecule has 2 aliphatic carbocycles. The van der Waals surface area contributed by atoms with Gasteiger partial charge in [0.15, 0.2) is 28.9 Å². The topological polar surface area (TPSA) is 184 Å². The quantitative estimate of drug-likeness (QED) is 0.0841. The number of carbonyl (C=O) groups is 3. The molecule has 0 aromatic heterocycles. The SMILES string of the molecule is CC(O)C12OC13c1cc(O)c4c(c1NC2C#CC=CC#CC3O)C(=O)c1ccc(CNC(=O)OCc2ccc(N)cc2)cc1C4=O. The number of aliphatic hydroxyl groups excluding tert-OH is 2. The van der Waals surface area contributed by atoms with Crippen LogP contribution in [0.15, 0.2) is 60.7 Å². The number of fused-ring (bicyclic) bond motifs is 4. The van der Waals surface area contributed by atoms with Gasteiger partial charge in [0.1, 0.15) is 18.4 Å². The normalized spacial score (nSPS) is 25.0. The number of aliphatic hydroxyl groups is 2. The molecule has 5 atom stereocenters. The molecule has 2 bridgehead atoms. The summed E-state index contributed by atoms with van der Waals surface area (Å²) in [5.41, 5.74) is 4.60. The summed E-state index contributed by atoms with van der Waals surface area (Å²) < 4.78 is 11.4. The van der Waals surface area contributed by atoms with Crippen LogP contribution >= 0.6 is 0 Å². The van der Waals surface area contributed by atoms with Gasteiger partial charge in [-0.2, -0.15) is 0 Å². The highest BCUT2D eigenvalue weighted by Gasteiger charge is 2.82. The van der Waals surface area contributed by atoms with Crippen molar-refractivity contribution < 1.29 is 39.2 Å². The Balaban J connectivity index is 1.21. The average molecular weight is 618 g/mol. The molecule has 1 fully saturated rings. The number of ketones is 2. The molecule has 3 aromatic rings. The van der Waals surface area contributed by atoms with Crippen molar-refractivity contribution in [1.82, 2.24) is 5.32 Å². The van der Waals surface area contributed by atoms with Crippen LogP contribution in [0, 0.1) is 23.7 Å². The summed E-state index contributed by atoms with van der Waals surface area (Å²) in [6, 6.07) is 11.8. The number of hydrogen-bond donors (Lipinski definition) is 6. The molecule has 2 heterocycles. The van der Waals surface area contributed by atoms with Crippen molar-refractivity contribution in [3.8, 4) is 29.4 Å². The van der Waals surface area contributed by atoms with E-state index in [1.54, 1.807) is 30.3 Å². The maximum Gasteiger partial charge on any atom is 0.407 e. The van der Waals surface area contributed by atoms with Crippen LogP contribution < -0.4 is 16.4 Å². The van der Waals surface area contributed by atoms with Gasteiger partial charge in [0.2, 0.25) is 0 Å². The van der Waals surface area contributed by atoms with Crippen molar-refractivity contribution in [1.29, 1.82) is 0 Å². The van der Waals surface area contributed by atoms with Gasteiger partial charge in [-0.15, -0.1) is 0 Å². The van der Waals surface area contributed by atoms with Crippen molar-refractivity contribution >= 4 is 29.0 Å². The van der Waals surface area contributed by atoms with Gasteiger partial charge in [0.05, 0.1) is 22.9 Å². The van der Waals surface area contributed by atoms with E-state index in [1.807, 2.05) is 0 Å². The number of ether oxygens (including phenoxy) is 2. The lowest BCUT2D eigenvalue weighted by Crippen LogP contribution is -2.54. The van der Waals surface area contributed by atoms with Crippen molar-refractivity contribution in [2.45, 2.75) is 49.5 Å². The number of rotatable bonds is 5. The van der Waals surface area contributed by atoms with Gasteiger partial charge in [0.25, 0.3) is 0 Å². The number of aromatic hydroxyl groups is 1. The maximum absolute atomic E-state index is 14.1. The Labute approximate surface area is 263 Å². The number of phenols is 1. The largest absolute Gasteiger partial charge is 0.507 e. The number of nitrogens with two attached hydrogens (primary N) is 1. The minimum Gasteiger partial charge on any atom is -0.507 e. The predicted molar refractivity (Wildman–Crippen MR) is 165 cm³/mol. The standard InChI is InChI=1S/C35H27N3O8/c1-18(39)34-26-6-4-2-3-5-7-27(41)35(34,46-34)24-15-25(40)28-29(30(24)38-26)31(42)22-13-10-20(14-23(22)32(28)43)16-37-33(44)45-17-19-8-11-21(36)12-9-19/h2-3,8-15,18,26-27,38-41H,16-17,36H2,1H3,(H,37,44). The van der Waals surface area contributed by atoms with Gasteiger partial charge in [-0.25, -0.2) is 4.79 Å². The minimum absolute atomic E-state index is 0.00884. The van der Waals surface area contributed by atoms with Crippen LogP contribution in [0.3, 0.4) is 0 Å². The van der Waals surface area contributed by atoms with Crippen molar-refractivity contribution in [2.24, 2.45) is 0 Å². The molecule has 0 spiro atoms. The summed E-state index contributed by atoms with van der Waals surface area (Å²) in [4.78, 5) is 40.3. The number of nitrogens with one attached hydrogen (secondary N) is 2. The number of nitrogen functional groups attached to an aromatic ring is 1.